The van der Waals surface area contributed by atoms with Crippen LogP contribution in [0.2, 0.25) is 0 Å². The molecule has 4 atom stereocenters. The fourth-order valence-electron chi connectivity index (χ4n) is 6.22. The average Bonchev–Trinajstić information content (AvgIpc) is 3.60. The first-order valence-corrected chi connectivity index (χ1v) is 13.9. The van der Waals surface area contributed by atoms with Crippen LogP contribution >= 0.6 is 0 Å². The lowest BCUT2D eigenvalue weighted by atomic mass is 9.77. The van der Waals surface area contributed by atoms with E-state index in [1.54, 1.807) is 0 Å². The zero-order valence-corrected chi connectivity index (χ0v) is 21.0. The van der Waals surface area contributed by atoms with Gasteiger partial charge in [-0.25, -0.2) is 4.98 Å². The molecule has 0 radical (unpaired) electrons. The molecule has 1 aromatic rings. The highest BCUT2D eigenvalue weighted by molar-refractivity contribution is 5.91. The van der Waals surface area contributed by atoms with Crippen molar-refractivity contribution in [2.45, 2.75) is 114 Å². The van der Waals surface area contributed by atoms with Crippen molar-refractivity contribution in [3.63, 3.8) is 0 Å². The molecular weight excluding hydrogens is 444 g/mol. The summed E-state index contributed by atoms with van der Waals surface area (Å²) >= 11 is 0. The van der Waals surface area contributed by atoms with Crippen LogP contribution in [-0.4, -0.2) is 40.7 Å². The van der Waals surface area contributed by atoms with Gasteiger partial charge in [0.05, 0.1) is 18.1 Å². The summed E-state index contributed by atoms with van der Waals surface area (Å²) in [6.45, 7) is 0.672. The standard InChI is InChI=1S/C28H42N2O5/c31-25(32)15-9-4-8-14-21-23-16-17-24(35-23)26(21)28-30-22(19-34-28)27(33)29-18-10-2-1-5-11-20-12-6-3-7-13-20/h4,8,19-21,23-24,26H,1-3,5-7,9-18H2,(H,29,33)(H,31,32)/b8-4-/t21-,23-,24+,26-/m1/s1. The van der Waals surface area contributed by atoms with Crippen molar-refractivity contribution < 1.29 is 23.8 Å². The van der Waals surface area contributed by atoms with Crippen LogP contribution in [-0.2, 0) is 9.53 Å². The predicted octanol–water partition coefficient (Wildman–Crippen LogP) is 6.01. The van der Waals surface area contributed by atoms with E-state index in [-0.39, 0.29) is 36.4 Å². The Morgan fingerprint density at radius 1 is 1.03 bits per heavy atom. The number of amides is 1. The molecule has 3 heterocycles. The maximum Gasteiger partial charge on any atom is 0.303 e. The number of fused-ring (bicyclic) bond motifs is 2. The van der Waals surface area contributed by atoms with Crippen LogP contribution in [0.1, 0.15) is 119 Å². The molecule has 0 unspecified atom stereocenters. The summed E-state index contributed by atoms with van der Waals surface area (Å²) in [5, 5.41) is 11.8. The zero-order chi connectivity index (χ0) is 24.5. The number of nitrogens with zero attached hydrogens (tertiary/aromatic N) is 1. The van der Waals surface area contributed by atoms with Crippen molar-refractivity contribution in [2.24, 2.45) is 11.8 Å². The fraction of sp³-hybridized carbons (Fsp3) is 0.750. The Kier molecular flexibility index (Phi) is 9.81. The Hall–Kier alpha value is -2.15. The van der Waals surface area contributed by atoms with Crippen molar-refractivity contribution in [2.75, 3.05) is 6.54 Å². The Bertz CT molecular complexity index is 844. The molecule has 1 amide bonds. The molecule has 7 heteroatoms. The van der Waals surface area contributed by atoms with E-state index in [0.29, 0.717) is 24.6 Å². The number of unbranched alkanes of at least 4 members (excludes halogenated alkanes) is 3. The number of oxazole rings is 1. The van der Waals surface area contributed by atoms with Gasteiger partial charge in [0.1, 0.15) is 6.26 Å². The SMILES string of the molecule is O=C(O)CC/C=C\C[C@H]1[C@@H](c2nc(C(=O)NCCCCCCC3CCCCC3)co2)[C@@H]2CC[C@H]1O2. The lowest BCUT2D eigenvalue weighted by Crippen LogP contribution is -2.26. The van der Waals surface area contributed by atoms with Gasteiger partial charge in [-0.15, -0.1) is 0 Å². The van der Waals surface area contributed by atoms with E-state index in [0.717, 1.165) is 38.0 Å². The number of nitrogens with one attached hydrogen (secondary N) is 1. The summed E-state index contributed by atoms with van der Waals surface area (Å²) in [5.41, 5.74) is 0.343. The number of aliphatic carboxylic acids is 1. The van der Waals surface area contributed by atoms with Crippen molar-refractivity contribution in [1.29, 1.82) is 0 Å². The average molecular weight is 487 g/mol. The number of carbonyl (C=O) groups is 2. The number of hydrogen-bond acceptors (Lipinski definition) is 5. The molecule has 194 valence electrons. The summed E-state index contributed by atoms with van der Waals surface area (Å²) in [7, 11) is 0. The van der Waals surface area contributed by atoms with Crippen molar-refractivity contribution in [3.05, 3.63) is 30.0 Å². The van der Waals surface area contributed by atoms with Crippen LogP contribution in [0.15, 0.2) is 22.8 Å². The number of carboxylic acids is 1. The largest absolute Gasteiger partial charge is 0.481 e. The molecule has 3 aliphatic rings. The minimum Gasteiger partial charge on any atom is -0.481 e. The van der Waals surface area contributed by atoms with Crippen LogP contribution in [0.4, 0.5) is 0 Å². The summed E-state index contributed by atoms with van der Waals surface area (Å²) in [6, 6.07) is 0. The Labute approximate surface area is 209 Å². The van der Waals surface area contributed by atoms with E-state index >= 15 is 0 Å². The molecule has 35 heavy (non-hydrogen) atoms. The Balaban J connectivity index is 1.17. The van der Waals surface area contributed by atoms with Gasteiger partial charge in [0.25, 0.3) is 5.91 Å². The normalized spacial score (nSPS) is 26.5. The van der Waals surface area contributed by atoms with Gasteiger partial charge >= 0.3 is 5.97 Å². The molecule has 1 aliphatic carbocycles. The topological polar surface area (TPSA) is 102 Å². The highest BCUT2D eigenvalue weighted by atomic mass is 16.5. The molecule has 1 saturated carbocycles. The predicted molar refractivity (Wildman–Crippen MR) is 133 cm³/mol. The van der Waals surface area contributed by atoms with Crippen molar-refractivity contribution >= 4 is 11.9 Å². The molecule has 3 fully saturated rings. The van der Waals surface area contributed by atoms with Crippen LogP contribution in [0.5, 0.6) is 0 Å². The van der Waals surface area contributed by atoms with Gasteiger partial charge in [-0.1, -0.05) is 69.9 Å². The van der Waals surface area contributed by atoms with Gasteiger partial charge in [-0.3, -0.25) is 9.59 Å². The summed E-state index contributed by atoms with van der Waals surface area (Å²) in [5.74, 6) is 0.890. The van der Waals surface area contributed by atoms with Gasteiger partial charge < -0.3 is 19.6 Å². The van der Waals surface area contributed by atoms with Gasteiger partial charge in [0, 0.05) is 18.9 Å². The third-order valence-corrected chi connectivity index (χ3v) is 8.11. The first-order chi connectivity index (χ1) is 17.1. The van der Waals surface area contributed by atoms with Gasteiger partial charge in [0.15, 0.2) is 5.69 Å². The Morgan fingerprint density at radius 2 is 1.83 bits per heavy atom. The zero-order valence-electron chi connectivity index (χ0n) is 21.0. The second-order valence-corrected chi connectivity index (χ2v) is 10.7. The number of allylic oxidation sites excluding steroid dienone is 2. The molecular formula is C28H42N2O5. The van der Waals surface area contributed by atoms with Gasteiger partial charge in [0.2, 0.25) is 5.89 Å². The highest BCUT2D eigenvalue weighted by Gasteiger charge is 2.51. The lowest BCUT2D eigenvalue weighted by molar-refractivity contribution is -0.136. The van der Waals surface area contributed by atoms with Crippen LogP contribution in [0.3, 0.4) is 0 Å². The van der Waals surface area contributed by atoms with Crippen molar-refractivity contribution in [1.82, 2.24) is 10.3 Å². The van der Waals surface area contributed by atoms with E-state index < -0.39 is 5.97 Å². The summed E-state index contributed by atoms with van der Waals surface area (Å²) in [4.78, 5) is 27.8. The van der Waals surface area contributed by atoms with E-state index in [2.05, 4.69) is 16.4 Å². The molecule has 0 aromatic carbocycles. The number of hydrogen-bond donors (Lipinski definition) is 2. The number of carbonyl (C=O) groups excluding carboxylic acids is 1. The van der Waals surface area contributed by atoms with Crippen LogP contribution in [0, 0.1) is 11.8 Å². The maximum absolute atomic E-state index is 12.6. The first-order valence-electron chi connectivity index (χ1n) is 13.9. The smallest absolute Gasteiger partial charge is 0.303 e. The summed E-state index contributed by atoms with van der Waals surface area (Å²) in [6.07, 6.45) is 22.4. The van der Waals surface area contributed by atoms with Gasteiger partial charge in [-0.2, -0.15) is 0 Å². The number of aromatic nitrogens is 1. The van der Waals surface area contributed by atoms with E-state index in [4.69, 9.17) is 14.3 Å². The molecule has 4 rings (SSSR count). The first kappa shape index (κ1) is 25.9. The third kappa shape index (κ3) is 7.42. The van der Waals surface area contributed by atoms with Crippen molar-refractivity contribution in [3.8, 4) is 0 Å². The monoisotopic (exact) mass is 486 g/mol. The quantitative estimate of drug-likeness (QED) is 0.247. The molecule has 0 spiro atoms. The highest BCUT2D eigenvalue weighted by Crippen LogP contribution is 2.50. The Morgan fingerprint density at radius 3 is 2.66 bits per heavy atom. The minimum absolute atomic E-state index is 0.0450. The molecule has 2 aliphatic heterocycles. The molecule has 2 bridgehead atoms. The van der Waals surface area contributed by atoms with Crippen LogP contribution < -0.4 is 5.32 Å². The number of ether oxygens (including phenoxy) is 1. The molecule has 2 N–H and O–H groups in total. The molecule has 1 aromatic heterocycles. The van der Waals surface area contributed by atoms with E-state index in [1.807, 2.05) is 6.08 Å². The lowest BCUT2D eigenvalue weighted by Gasteiger charge is -2.24. The second kappa shape index (κ2) is 13.2. The molecule has 2 saturated heterocycles. The minimum atomic E-state index is -0.781. The fourth-order valence-corrected chi connectivity index (χ4v) is 6.22. The second-order valence-electron chi connectivity index (χ2n) is 10.7. The van der Waals surface area contributed by atoms with Crippen LogP contribution in [0.25, 0.3) is 0 Å². The number of rotatable bonds is 14. The van der Waals surface area contributed by atoms with E-state index in [1.165, 1.54) is 57.6 Å². The number of carboxylic acid groups (broad SMARTS) is 1. The third-order valence-electron chi connectivity index (χ3n) is 8.11. The molecule has 7 nitrogen and oxygen atoms in total. The summed E-state index contributed by atoms with van der Waals surface area (Å²) < 4.78 is 11.9. The maximum atomic E-state index is 12.6. The van der Waals surface area contributed by atoms with Gasteiger partial charge in [-0.05, 0) is 38.0 Å². The van der Waals surface area contributed by atoms with E-state index in [9.17, 15) is 9.59 Å².